The maximum atomic E-state index is 12.3. The highest BCUT2D eigenvalue weighted by atomic mass is 79.9. The molecule has 6 heteroatoms. The number of benzene rings is 1. The summed E-state index contributed by atoms with van der Waals surface area (Å²) >= 11 is 9.24. The fourth-order valence-corrected chi connectivity index (χ4v) is 2.41. The Bertz CT molecular complexity index is 661. The Hall–Kier alpha value is -1.43. The van der Waals surface area contributed by atoms with E-state index in [9.17, 15) is 4.79 Å². The van der Waals surface area contributed by atoms with Crippen molar-refractivity contribution in [3.8, 4) is 0 Å². The van der Waals surface area contributed by atoms with Crippen molar-refractivity contribution in [2.24, 2.45) is 0 Å². The molecule has 0 aliphatic heterocycles. The molecular formula is C15H15BrClN3O. The topological polar surface area (TPSA) is 45.2 Å². The zero-order valence-corrected chi connectivity index (χ0v) is 14.1. The lowest BCUT2D eigenvalue weighted by atomic mass is 10.2. The van der Waals surface area contributed by atoms with Gasteiger partial charge in [-0.25, -0.2) is 4.98 Å². The molecule has 0 aliphatic rings. The molecule has 0 fully saturated rings. The highest BCUT2D eigenvalue weighted by Crippen LogP contribution is 2.20. The smallest absolute Gasteiger partial charge is 0.258 e. The molecule has 1 aromatic carbocycles. The number of hydrogen-bond acceptors (Lipinski definition) is 3. The minimum atomic E-state index is -0.282. The van der Waals surface area contributed by atoms with Gasteiger partial charge in [0.2, 0.25) is 0 Å². The van der Waals surface area contributed by atoms with Crippen molar-refractivity contribution in [2.75, 3.05) is 19.4 Å². The largest absolute Gasteiger partial charge is 0.322 e. The van der Waals surface area contributed by atoms with E-state index in [4.69, 9.17) is 11.6 Å². The van der Waals surface area contributed by atoms with Crippen LogP contribution in [0.5, 0.6) is 0 Å². The van der Waals surface area contributed by atoms with Gasteiger partial charge in [0.25, 0.3) is 5.91 Å². The van der Waals surface area contributed by atoms with Crippen molar-refractivity contribution in [1.82, 2.24) is 9.88 Å². The summed E-state index contributed by atoms with van der Waals surface area (Å²) < 4.78 is 0.707. The van der Waals surface area contributed by atoms with Gasteiger partial charge in [-0.2, -0.15) is 0 Å². The Balaban J connectivity index is 2.17. The van der Waals surface area contributed by atoms with E-state index >= 15 is 0 Å². The number of nitrogens with zero attached hydrogens (tertiary/aromatic N) is 2. The van der Waals surface area contributed by atoms with Crippen LogP contribution in [0.15, 0.2) is 41.0 Å². The molecule has 1 aromatic heterocycles. The fourth-order valence-electron chi connectivity index (χ4n) is 1.89. The number of carbonyl (C=O) groups excluding carboxylic acids is 1. The molecule has 0 unspecified atom stereocenters. The van der Waals surface area contributed by atoms with Crippen molar-refractivity contribution in [3.05, 3.63) is 57.3 Å². The highest BCUT2D eigenvalue weighted by Gasteiger charge is 2.12. The van der Waals surface area contributed by atoms with E-state index < -0.39 is 0 Å². The highest BCUT2D eigenvalue weighted by molar-refractivity contribution is 9.10. The zero-order valence-electron chi connectivity index (χ0n) is 11.7. The van der Waals surface area contributed by atoms with Gasteiger partial charge in [-0.3, -0.25) is 4.79 Å². The molecule has 2 aromatic rings. The minimum Gasteiger partial charge on any atom is -0.322 e. The molecule has 0 saturated heterocycles. The van der Waals surface area contributed by atoms with Gasteiger partial charge in [0.05, 0.1) is 5.56 Å². The summed E-state index contributed by atoms with van der Waals surface area (Å²) in [5, 5.41) is 3.02. The summed E-state index contributed by atoms with van der Waals surface area (Å²) in [6, 6.07) is 9.36. The Morgan fingerprint density at radius 1 is 1.38 bits per heavy atom. The van der Waals surface area contributed by atoms with Crippen LogP contribution >= 0.6 is 27.5 Å². The Kier molecular flexibility index (Phi) is 5.33. The predicted octanol–water partition coefficient (Wildman–Crippen LogP) is 3.81. The third-order valence-corrected chi connectivity index (χ3v) is 3.47. The molecule has 0 saturated carbocycles. The first-order chi connectivity index (χ1) is 9.95. The second-order valence-corrected chi connectivity index (χ2v) is 6.16. The van der Waals surface area contributed by atoms with Crippen molar-refractivity contribution in [1.29, 1.82) is 0 Å². The van der Waals surface area contributed by atoms with Gasteiger partial charge in [-0.05, 0) is 53.8 Å². The molecule has 0 radical (unpaired) electrons. The number of halogens is 2. The predicted molar refractivity (Wildman–Crippen MR) is 88.7 cm³/mol. The van der Waals surface area contributed by atoms with Gasteiger partial charge in [-0.15, -0.1) is 0 Å². The minimum absolute atomic E-state index is 0.181. The van der Waals surface area contributed by atoms with Crippen LogP contribution in [-0.2, 0) is 6.54 Å². The number of pyridine rings is 1. The average molecular weight is 369 g/mol. The maximum Gasteiger partial charge on any atom is 0.258 e. The van der Waals surface area contributed by atoms with E-state index in [-0.39, 0.29) is 11.1 Å². The number of rotatable bonds is 4. The summed E-state index contributed by atoms with van der Waals surface area (Å²) in [4.78, 5) is 18.3. The second kappa shape index (κ2) is 7.02. The number of carbonyl (C=O) groups is 1. The van der Waals surface area contributed by atoms with Gasteiger partial charge in [-0.1, -0.05) is 23.7 Å². The average Bonchev–Trinajstić information content (AvgIpc) is 2.41. The van der Waals surface area contributed by atoms with Crippen molar-refractivity contribution >= 4 is 39.1 Å². The van der Waals surface area contributed by atoms with Crippen LogP contribution in [0.4, 0.5) is 5.69 Å². The zero-order chi connectivity index (χ0) is 15.4. The van der Waals surface area contributed by atoms with Crippen LogP contribution in [0.1, 0.15) is 15.9 Å². The molecule has 0 bridgehead atoms. The molecule has 1 N–H and O–H groups in total. The van der Waals surface area contributed by atoms with Crippen LogP contribution in [0.3, 0.4) is 0 Å². The summed E-state index contributed by atoms with van der Waals surface area (Å²) in [5.41, 5.74) is 2.19. The molecule has 1 amide bonds. The molecule has 110 valence electrons. The van der Waals surface area contributed by atoms with Gasteiger partial charge >= 0.3 is 0 Å². The quantitative estimate of drug-likeness (QED) is 0.835. The van der Waals surface area contributed by atoms with E-state index in [1.807, 2.05) is 38.4 Å². The molecule has 4 nitrogen and oxygen atoms in total. The monoisotopic (exact) mass is 367 g/mol. The summed E-state index contributed by atoms with van der Waals surface area (Å²) in [5.74, 6) is -0.282. The van der Waals surface area contributed by atoms with Crippen molar-refractivity contribution in [2.45, 2.75) is 6.54 Å². The van der Waals surface area contributed by atoms with E-state index in [1.54, 1.807) is 12.3 Å². The number of anilines is 1. The lowest BCUT2D eigenvalue weighted by Gasteiger charge is -2.12. The maximum absolute atomic E-state index is 12.3. The van der Waals surface area contributed by atoms with Gasteiger partial charge in [0.1, 0.15) is 5.15 Å². The second-order valence-electron chi connectivity index (χ2n) is 4.88. The molecular weight excluding hydrogens is 354 g/mol. The number of aromatic nitrogens is 1. The Morgan fingerprint density at radius 3 is 2.86 bits per heavy atom. The number of amides is 1. The van der Waals surface area contributed by atoms with E-state index in [0.717, 1.165) is 17.8 Å². The van der Waals surface area contributed by atoms with Crippen LogP contribution in [0.2, 0.25) is 5.15 Å². The first-order valence-corrected chi connectivity index (χ1v) is 7.49. The summed E-state index contributed by atoms with van der Waals surface area (Å²) in [7, 11) is 4.00. The lowest BCUT2D eigenvalue weighted by Crippen LogP contribution is -2.14. The van der Waals surface area contributed by atoms with E-state index in [1.165, 1.54) is 0 Å². The first kappa shape index (κ1) is 15.9. The fraction of sp³-hybridized carbons (Fsp3) is 0.200. The normalized spacial score (nSPS) is 10.7. The summed E-state index contributed by atoms with van der Waals surface area (Å²) in [6.45, 7) is 0.808. The van der Waals surface area contributed by atoms with Gasteiger partial charge in [0.15, 0.2) is 0 Å². The van der Waals surface area contributed by atoms with Crippen LogP contribution in [-0.4, -0.2) is 29.9 Å². The Morgan fingerprint density at radius 2 is 2.14 bits per heavy atom. The molecule has 0 aliphatic carbocycles. The van der Waals surface area contributed by atoms with Gasteiger partial charge < -0.3 is 10.2 Å². The van der Waals surface area contributed by atoms with Crippen LogP contribution in [0, 0.1) is 0 Å². The molecule has 0 atom stereocenters. The third kappa shape index (κ3) is 4.52. The number of hydrogen-bond donors (Lipinski definition) is 1. The van der Waals surface area contributed by atoms with Gasteiger partial charge in [0, 0.05) is 22.9 Å². The van der Waals surface area contributed by atoms with Crippen LogP contribution in [0.25, 0.3) is 0 Å². The Labute approximate surface area is 137 Å². The molecule has 2 rings (SSSR count). The van der Waals surface area contributed by atoms with Crippen LogP contribution < -0.4 is 5.32 Å². The number of nitrogens with one attached hydrogen (secondary N) is 1. The SMILES string of the molecule is CN(C)Cc1cccc(NC(=O)c2cc(Br)cnc2Cl)c1. The van der Waals surface area contributed by atoms with Crippen molar-refractivity contribution < 1.29 is 4.79 Å². The lowest BCUT2D eigenvalue weighted by molar-refractivity contribution is 0.102. The molecule has 1 heterocycles. The molecule has 21 heavy (non-hydrogen) atoms. The molecule has 0 spiro atoms. The first-order valence-electron chi connectivity index (χ1n) is 6.32. The van der Waals surface area contributed by atoms with E-state index in [0.29, 0.717) is 10.0 Å². The summed E-state index contributed by atoms with van der Waals surface area (Å²) in [6.07, 6.45) is 1.55. The third-order valence-electron chi connectivity index (χ3n) is 2.73. The van der Waals surface area contributed by atoms with Crippen molar-refractivity contribution in [3.63, 3.8) is 0 Å². The standard InChI is InChI=1S/C15H15BrClN3O/c1-20(2)9-10-4-3-5-12(6-10)19-15(21)13-7-11(16)8-18-14(13)17/h3-8H,9H2,1-2H3,(H,19,21). The van der Waals surface area contributed by atoms with E-state index in [2.05, 4.69) is 31.1 Å².